The Kier molecular flexibility index (Phi) is 5.41. The molecule has 0 aliphatic heterocycles. The Morgan fingerprint density at radius 2 is 1.96 bits per heavy atom. The number of para-hydroxylation sites is 1. The summed E-state index contributed by atoms with van der Waals surface area (Å²) in [4.78, 5) is 12.2. The van der Waals surface area contributed by atoms with Crippen molar-refractivity contribution in [2.24, 2.45) is 7.05 Å². The number of rotatable bonds is 7. The van der Waals surface area contributed by atoms with Gasteiger partial charge in [-0.15, -0.1) is 0 Å². The molecule has 1 aromatic heterocycles. The summed E-state index contributed by atoms with van der Waals surface area (Å²) in [6.45, 7) is 0.634. The standard InChI is InChI=1S/C15H19N3O4S/c1-16-23(20,21)13-10-14(18(2)11-13)15(19)17-8-9-22-12-6-4-3-5-7-12/h3-7,10-11,16H,8-9H2,1-2H3,(H,17,19). The van der Waals surface area contributed by atoms with Gasteiger partial charge in [-0.3, -0.25) is 4.79 Å². The minimum absolute atomic E-state index is 0.0492. The van der Waals surface area contributed by atoms with Crippen molar-refractivity contribution < 1.29 is 17.9 Å². The molecule has 1 heterocycles. The van der Waals surface area contributed by atoms with Crippen LogP contribution in [-0.4, -0.2) is 39.1 Å². The van der Waals surface area contributed by atoms with Gasteiger partial charge in [-0.1, -0.05) is 18.2 Å². The Morgan fingerprint density at radius 1 is 1.26 bits per heavy atom. The summed E-state index contributed by atoms with van der Waals surface area (Å²) in [6.07, 6.45) is 1.39. The number of nitrogens with zero attached hydrogens (tertiary/aromatic N) is 1. The Hall–Kier alpha value is -2.32. The lowest BCUT2D eigenvalue weighted by molar-refractivity contribution is 0.0939. The largest absolute Gasteiger partial charge is 0.492 e. The minimum Gasteiger partial charge on any atom is -0.492 e. The number of aryl methyl sites for hydroxylation is 1. The van der Waals surface area contributed by atoms with Gasteiger partial charge in [-0.25, -0.2) is 13.1 Å². The third kappa shape index (κ3) is 4.33. The molecule has 0 saturated carbocycles. The fraction of sp³-hybridized carbons (Fsp3) is 0.267. The van der Waals surface area contributed by atoms with Gasteiger partial charge in [0.2, 0.25) is 10.0 Å². The highest BCUT2D eigenvalue weighted by Crippen LogP contribution is 2.13. The summed E-state index contributed by atoms with van der Waals surface area (Å²) >= 11 is 0. The molecule has 1 aromatic carbocycles. The number of carbonyl (C=O) groups excluding carboxylic acids is 1. The molecule has 0 radical (unpaired) electrons. The Balaban J connectivity index is 1.91. The summed E-state index contributed by atoms with van der Waals surface area (Å²) in [5, 5.41) is 2.69. The summed E-state index contributed by atoms with van der Waals surface area (Å²) in [5.41, 5.74) is 0.263. The van der Waals surface area contributed by atoms with Crippen LogP contribution < -0.4 is 14.8 Å². The Morgan fingerprint density at radius 3 is 2.61 bits per heavy atom. The molecule has 2 rings (SSSR count). The molecule has 2 N–H and O–H groups in total. The first kappa shape index (κ1) is 17.0. The van der Waals surface area contributed by atoms with Gasteiger partial charge in [0.15, 0.2) is 0 Å². The molecule has 0 unspecified atom stereocenters. The van der Waals surface area contributed by atoms with Crippen molar-refractivity contribution in [1.82, 2.24) is 14.6 Å². The monoisotopic (exact) mass is 337 g/mol. The predicted octanol–water partition coefficient (Wildman–Crippen LogP) is 0.742. The zero-order valence-electron chi connectivity index (χ0n) is 12.9. The molecule has 0 saturated heterocycles. The molecule has 8 heteroatoms. The number of nitrogens with one attached hydrogen (secondary N) is 2. The number of carbonyl (C=O) groups is 1. The average Bonchev–Trinajstić information content (AvgIpc) is 2.95. The zero-order chi connectivity index (χ0) is 16.9. The lowest BCUT2D eigenvalue weighted by Gasteiger charge is -2.08. The maximum Gasteiger partial charge on any atom is 0.268 e. The molecule has 2 aromatic rings. The molecule has 0 aliphatic carbocycles. The molecule has 1 amide bonds. The van der Waals surface area contributed by atoms with E-state index in [0.29, 0.717) is 13.2 Å². The van der Waals surface area contributed by atoms with Crippen LogP contribution in [0.3, 0.4) is 0 Å². The van der Waals surface area contributed by atoms with Crippen molar-refractivity contribution in [3.63, 3.8) is 0 Å². The number of hydrogen-bond acceptors (Lipinski definition) is 4. The number of sulfonamides is 1. The fourth-order valence-electron chi connectivity index (χ4n) is 1.97. The van der Waals surface area contributed by atoms with Crippen LogP contribution in [0, 0.1) is 0 Å². The average molecular weight is 337 g/mol. The van der Waals surface area contributed by atoms with Gasteiger partial charge in [0, 0.05) is 13.2 Å². The smallest absolute Gasteiger partial charge is 0.268 e. The van der Waals surface area contributed by atoms with E-state index in [-0.39, 0.29) is 16.5 Å². The second-order valence-electron chi connectivity index (χ2n) is 4.80. The number of benzene rings is 1. The number of amides is 1. The van der Waals surface area contributed by atoms with E-state index in [0.717, 1.165) is 5.75 Å². The van der Waals surface area contributed by atoms with Crippen molar-refractivity contribution in [3.05, 3.63) is 48.3 Å². The molecule has 0 aliphatic rings. The van der Waals surface area contributed by atoms with E-state index in [1.807, 2.05) is 30.3 Å². The number of aromatic nitrogens is 1. The lowest BCUT2D eigenvalue weighted by Crippen LogP contribution is -2.29. The van der Waals surface area contributed by atoms with Crippen LogP contribution in [-0.2, 0) is 17.1 Å². The third-order valence-corrected chi connectivity index (χ3v) is 4.57. The third-order valence-electron chi connectivity index (χ3n) is 3.19. The zero-order valence-corrected chi connectivity index (χ0v) is 13.8. The summed E-state index contributed by atoms with van der Waals surface area (Å²) in [5.74, 6) is 0.365. The van der Waals surface area contributed by atoms with Gasteiger partial charge in [-0.05, 0) is 25.2 Å². The molecule has 0 atom stereocenters. The van der Waals surface area contributed by atoms with E-state index in [1.165, 1.54) is 23.9 Å². The van der Waals surface area contributed by atoms with Crippen LogP contribution in [0.15, 0.2) is 47.5 Å². The first-order valence-electron chi connectivity index (χ1n) is 7.00. The van der Waals surface area contributed by atoms with E-state index < -0.39 is 10.0 Å². The van der Waals surface area contributed by atoms with Crippen molar-refractivity contribution in [1.29, 1.82) is 0 Å². The van der Waals surface area contributed by atoms with Crippen LogP contribution in [0.1, 0.15) is 10.5 Å². The van der Waals surface area contributed by atoms with E-state index in [1.54, 1.807) is 7.05 Å². The van der Waals surface area contributed by atoms with E-state index in [2.05, 4.69) is 10.0 Å². The number of hydrogen-bond donors (Lipinski definition) is 2. The van der Waals surface area contributed by atoms with Gasteiger partial charge < -0.3 is 14.6 Å². The quantitative estimate of drug-likeness (QED) is 0.730. The van der Waals surface area contributed by atoms with Gasteiger partial charge in [0.1, 0.15) is 22.9 Å². The normalized spacial score (nSPS) is 11.2. The van der Waals surface area contributed by atoms with E-state index in [9.17, 15) is 13.2 Å². The molecule has 0 bridgehead atoms. The topological polar surface area (TPSA) is 89.4 Å². The van der Waals surface area contributed by atoms with E-state index >= 15 is 0 Å². The Labute approximate surface area is 135 Å². The molecule has 23 heavy (non-hydrogen) atoms. The van der Waals surface area contributed by atoms with Gasteiger partial charge in [0.25, 0.3) is 5.91 Å². The van der Waals surface area contributed by atoms with Crippen molar-refractivity contribution >= 4 is 15.9 Å². The van der Waals surface area contributed by atoms with Gasteiger partial charge in [-0.2, -0.15) is 0 Å². The highest BCUT2D eigenvalue weighted by molar-refractivity contribution is 7.89. The van der Waals surface area contributed by atoms with Crippen molar-refractivity contribution in [3.8, 4) is 5.75 Å². The molecular weight excluding hydrogens is 318 g/mol. The van der Waals surface area contributed by atoms with Gasteiger partial charge >= 0.3 is 0 Å². The first-order chi connectivity index (χ1) is 10.9. The summed E-state index contributed by atoms with van der Waals surface area (Å²) < 4.78 is 32.6. The lowest BCUT2D eigenvalue weighted by atomic mass is 10.3. The molecular formula is C15H19N3O4S. The van der Waals surface area contributed by atoms with Crippen LogP contribution in [0.25, 0.3) is 0 Å². The van der Waals surface area contributed by atoms with Crippen LogP contribution in [0.5, 0.6) is 5.75 Å². The maximum atomic E-state index is 12.1. The highest BCUT2D eigenvalue weighted by Gasteiger charge is 2.18. The van der Waals surface area contributed by atoms with Crippen molar-refractivity contribution in [2.75, 3.05) is 20.2 Å². The van der Waals surface area contributed by atoms with Crippen LogP contribution in [0.4, 0.5) is 0 Å². The second kappa shape index (κ2) is 7.30. The second-order valence-corrected chi connectivity index (χ2v) is 6.68. The van der Waals surface area contributed by atoms with Crippen LogP contribution >= 0.6 is 0 Å². The SMILES string of the molecule is CNS(=O)(=O)c1cc(C(=O)NCCOc2ccccc2)n(C)c1. The molecule has 0 spiro atoms. The Bertz CT molecular complexity index is 769. The molecule has 0 fully saturated rings. The van der Waals surface area contributed by atoms with Crippen molar-refractivity contribution in [2.45, 2.75) is 4.90 Å². The summed E-state index contributed by atoms with van der Waals surface area (Å²) in [7, 11) is -0.633. The number of ether oxygens (including phenoxy) is 1. The van der Waals surface area contributed by atoms with Crippen LogP contribution in [0.2, 0.25) is 0 Å². The summed E-state index contributed by atoms with van der Waals surface area (Å²) in [6, 6.07) is 10.6. The predicted molar refractivity (Wildman–Crippen MR) is 85.9 cm³/mol. The van der Waals surface area contributed by atoms with Gasteiger partial charge in [0.05, 0.1) is 6.54 Å². The van der Waals surface area contributed by atoms with E-state index in [4.69, 9.17) is 4.74 Å². The first-order valence-corrected chi connectivity index (χ1v) is 8.48. The highest BCUT2D eigenvalue weighted by atomic mass is 32.2. The fourth-order valence-corrected chi connectivity index (χ4v) is 2.76. The molecule has 7 nitrogen and oxygen atoms in total. The maximum absolute atomic E-state index is 12.1. The molecule has 124 valence electrons. The minimum atomic E-state index is -3.57.